The van der Waals surface area contributed by atoms with Crippen LogP contribution in [-0.2, 0) is 0 Å². The number of para-hydroxylation sites is 1. The van der Waals surface area contributed by atoms with Crippen LogP contribution >= 0.6 is 0 Å². The van der Waals surface area contributed by atoms with Crippen molar-refractivity contribution in [3.63, 3.8) is 0 Å². The minimum absolute atomic E-state index is 0.968. The summed E-state index contributed by atoms with van der Waals surface area (Å²) in [7, 11) is 0. The highest BCUT2D eigenvalue weighted by Crippen LogP contribution is 2.09. The van der Waals surface area contributed by atoms with Crippen molar-refractivity contribution in [2.45, 2.75) is 6.92 Å². The van der Waals surface area contributed by atoms with Gasteiger partial charge in [0.15, 0.2) is 0 Å². The van der Waals surface area contributed by atoms with Crippen LogP contribution in [0.5, 0.6) is 0 Å². The zero-order valence-corrected chi connectivity index (χ0v) is 8.57. The lowest BCUT2D eigenvalue weighted by Crippen LogP contribution is -1.66. The van der Waals surface area contributed by atoms with E-state index in [0.29, 0.717) is 0 Å². The van der Waals surface area contributed by atoms with E-state index in [4.69, 9.17) is 0 Å². The molecule has 0 radical (unpaired) electrons. The zero-order chi connectivity index (χ0) is 10.5. The summed E-state index contributed by atoms with van der Waals surface area (Å²) in [4.78, 5) is 9.87. The van der Waals surface area contributed by atoms with Gasteiger partial charge in [0.25, 0.3) is 0 Å². The van der Waals surface area contributed by atoms with E-state index in [9.17, 15) is 0 Å². The van der Waals surface area contributed by atoms with Crippen LogP contribution in [-0.4, -0.2) is 15.0 Å². The van der Waals surface area contributed by atoms with Crippen molar-refractivity contribution in [3.8, 4) is 0 Å². The molecule has 0 spiro atoms. The maximum absolute atomic E-state index is 3.86. The lowest BCUT2D eigenvalue weighted by atomic mass is 10.3. The smallest absolute Gasteiger partial charge is 0.102 e. The number of benzene rings is 1. The van der Waals surface area contributed by atoms with Gasteiger partial charge < -0.3 is 9.97 Å². The molecule has 0 saturated heterocycles. The van der Waals surface area contributed by atoms with Crippen molar-refractivity contribution in [1.82, 2.24) is 15.0 Å². The van der Waals surface area contributed by atoms with Gasteiger partial charge in [-0.05, 0) is 24.4 Å². The molecule has 0 aliphatic heterocycles. The first-order valence-electron chi connectivity index (χ1n) is 4.84. The second-order valence-corrected chi connectivity index (χ2v) is 3.24. The minimum atomic E-state index is 0.968. The van der Waals surface area contributed by atoms with Gasteiger partial charge in [-0.3, -0.25) is 0 Å². The summed E-state index contributed by atoms with van der Waals surface area (Å²) in [5.74, 6) is 0.968. The number of aromatic amines is 2. The van der Waals surface area contributed by atoms with Crippen LogP contribution in [0, 0.1) is 6.92 Å². The van der Waals surface area contributed by atoms with E-state index in [-0.39, 0.29) is 0 Å². The Morgan fingerprint density at radius 2 is 1.87 bits per heavy atom. The van der Waals surface area contributed by atoms with Crippen molar-refractivity contribution < 1.29 is 0 Å². The fraction of sp³-hybridized carbons (Fsp3) is 0.0833. The Morgan fingerprint density at radius 1 is 1.00 bits per heavy atom. The molecule has 0 aliphatic carbocycles. The van der Waals surface area contributed by atoms with Gasteiger partial charge in [-0.2, -0.15) is 0 Å². The Labute approximate surface area is 88.2 Å². The first-order chi connectivity index (χ1) is 7.36. The number of hydrogen-bond acceptors (Lipinski definition) is 1. The fourth-order valence-corrected chi connectivity index (χ4v) is 1.34. The Morgan fingerprint density at radius 3 is 2.47 bits per heavy atom. The third kappa shape index (κ3) is 2.47. The van der Waals surface area contributed by atoms with Crippen molar-refractivity contribution in [2.75, 3.05) is 0 Å². The summed E-state index contributed by atoms with van der Waals surface area (Å²) in [6, 6.07) is 10.3. The van der Waals surface area contributed by atoms with Gasteiger partial charge >= 0.3 is 0 Å². The van der Waals surface area contributed by atoms with E-state index in [1.165, 1.54) is 10.9 Å². The Hall–Kier alpha value is -2.03. The number of nitrogens with one attached hydrogen (secondary N) is 2. The summed E-state index contributed by atoms with van der Waals surface area (Å²) in [6.07, 6.45) is 5.48. The molecule has 0 bridgehead atoms. The first-order valence-corrected chi connectivity index (χ1v) is 4.84. The predicted molar refractivity (Wildman–Crippen MR) is 61.6 cm³/mol. The summed E-state index contributed by atoms with van der Waals surface area (Å²) < 4.78 is 0. The number of nitrogens with zero attached hydrogens (tertiary/aromatic N) is 1. The lowest BCUT2D eigenvalue weighted by molar-refractivity contribution is 1.15. The van der Waals surface area contributed by atoms with E-state index in [1.807, 2.05) is 25.3 Å². The highest BCUT2D eigenvalue weighted by atomic mass is 14.9. The van der Waals surface area contributed by atoms with E-state index >= 15 is 0 Å². The van der Waals surface area contributed by atoms with Gasteiger partial charge in [0, 0.05) is 24.1 Å². The van der Waals surface area contributed by atoms with E-state index in [2.05, 4.69) is 33.2 Å². The third-order valence-corrected chi connectivity index (χ3v) is 2.10. The SMILES string of the molecule is Cc1ncc[nH]1.c1ccc2[nH]ccc2c1. The largest absolute Gasteiger partial charge is 0.361 e. The molecule has 3 rings (SSSR count). The van der Waals surface area contributed by atoms with Crippen molar-refractivity contribution in [1.29, 1.82) is 0 Å². The molecule has 2 aromatic heterocycles. The average molecular weight is 199 g/mol. The van der Waals surface area contributed by atoms with Crippen molar-refractivity contribution in [3.05, 3.63) is 54.7 Å². The van der Waals surface area contributed by atoms with Crippen LogP contribution in [0.3, 0.4) is 0 Å². The van der Waals surface area contributed by atoms with Gasteiger partial charge in [-0.25, -0.2) is 4.98 Å². The van der Waals surface area contributed by atoms with Gasteiger partial charge in [-0.15, -0.1) is 0 Å². The molecule has 0 saturated carbocycles. The summed E-state index contributed by atoms with van der Waals surface area (Å²) in [6.45, 7) is 1.92. The maximum Gasteiger partial charge on any atom is 0.102 e. The second-order valence-electron chi connectivity index (χ2n) is 3.24. The highest BCUT2D eigenvalue weighted by molar-refractivity contribution is 5.78. The number of aryl methyl sites for hydroxylation is 1. The highest BCUT2D eigenvalue weighted by Gasteiger charge is 1.86. The van der Waals surface area contributed by atoms with Crippen LogP contribution in [0.2, 0.25) is 0 Å². The minimum Gasteiger partial charge on any atom is -0.361 e. The predicted octanol–water partition coefficient (Wildman–Crippen LogP) is 2.89. The summed E-state index contributed by atoms with van der Waals surface area (Å²) in [5, 5.41) is 1.28. The molecule has 3 aromatic rings. The molecule has 2 N–H and O–H groups in total. The van der Waals surface area contributed by atoms with Crippen LogP contribution in [0.1, 0.15) is 5.82 Å². The monoisotopic (exact) mass is 199 g/mol. The molecular formula is C12H13N3. The summed E-state index contributed by atoms with van der Waals surface area (Å²) >= 11 is 0. The topological polar surface area (TPSA) is 44.5 Å². The molecule has 0 unspecified atom stereocenters. The Bertz CT molecular complexity index is 478. The molecule has 2 heterocycles. The fourth-order valence-electron chi connectivity index (χ4n) is 1.34. The molecular weight excluding hydrogens is 186 g/mol. The van der Waals surface area contributed by atoms with E-state index in [0.717, 1.165) is 5.82 Å². The first kappa shape index (κ1) is 9.52. The zero-order valence-electron chi connectivity index (χ0n) is 8.57. The molecule has 0 aliphatic rings. The van der Waals surface area contributed by atoms with Gasteiger partial charge in [0.1, 0.15) is 5.82 Å². The maximum atomic E-state index is 3.86. The molecule has 76 valence electrons. The molecule has 15 heavy (non-hydrogen) atoms. The van der Waals surface area contributed by atoms with E-state index < -0.39 is 0 Å². The summed E-state index contributed by atoms with van der Waals surface area (Å²) in [5.41, 5.74) is 1.21. The van der Waals surface area contributed by atoms with Crippen LogP contribution in [0.4, 0.5) is 0 Å². The third-order valence-electron chi connectivity index (χ3n) is 2.10. The molecule has 0 atom stereocenters. The molecule has 0 amide bonds. The van der Waals surface area contributed by atoms with Crippen LogP contribution in [0.25, 0.3) is 10.9 Å². The average Bonchev–Trinajstić information content (AvgIpc) is 2.88. The molecule has 0 fully saturated rings. The molecule has 1 aromatic carbocycles. The van der Waals surface area contributed by atoms with E-state index in [1.54, 1.807) is 12.4 Å². The standard InChI is InChI=1S/C8H7N.C4H6N2/c1-2-4-8-7(3-1)5-6-9-8;1-4-5-2-3-6-4/h1-6,9H;2-3H,1H3,(H,5,6). The normalized spacial score (nSPS) is 9.67. The number of imidazole rings is 1. The Balaban J connectivity index is 0.000000124. The molecule has 3 nitrogen and oxygen atoms in total. The number of H-pyrrole nitrogens is 2. The van der Waals surface area contributed by atoms with Gasteiger partial charge in [-0.1, -0.05) is 18.2 Å². The number of hydrogen-bond donors (Lipinski definition) is 2. The Kier molecular flexibility index (Phi) is 2.83. The van der Waals surface area contributed by atoms with Crippen molar-refractivity contribution in [2.24, 2.45) is 0 Å². The van der Waals surface area contributed by atoms with Gasteiger partial charge in [0.05, 0.1) is 0 Å². The van der Waals surface area contributed by atoms with Crippen molar-refractivity contribution >= 4 is 10.9 Å². The quantitative estimate of drug-likeness (QED) is 0.574. The number of fused-ring (bicyclic) bond motifs is 1. The molecule has 3 heteroatoms. The number of rotatable bonds is 0. The van der Waals surface area contributed by atoms with Crippen LogP contribution in [0.15, 0.2) is 48.9 Å². The second kappa shape index (κ2) is 4.46. The number of aromatic nitrogens is 3. The van der Waals surface area contributed by atoms with Gasteiger partial charge in [0.2, 0.25) is 0 Å². The lowest BCUT2D eigenvalue weighted by Gasteiger charge is -1.83. The van der Waals surface area contributed by atoms with Crippen LogP contribution < -0.4 is 0 Å².